The van der Waals surface area contributed by atoms with Crippen molar-refractivity contribution >= 4 is 64.5 Å². The first-order chi connectivity index (χ1) is 14.9. The fourth-order valence-corrected chi connectivity index (χ4v) is 8.72. The van der Waals surface area contributed by atoms with Crippen LogP contribution >= 0.6 is 39.1 Å². The molecule has 5 nitrogen and oxygen atoms in total. The average Bonchev–Trinajstić information content (AvgIpc) is 3.46. The van der Waals surface area contributed by atoms with Crippen molar-refractivity contribution in [1.29, 1.82) is 0 Å². The summed E-state index contributed by atoms with van der Waals surface area (Å²) in [6, 6.07) is 5.34. The monoisotopic (exact) mass is 588 g/mol. The van der Waals surface area contributed by atoms with Crippen molar-refractivity contribution in [3.05, 3.63) is 60.7 Å². The topological polar surface area (TPSA) is 50.2 Å². The fourth-order valence-electron chi connectivity index (χ4n) is 4.88. The Bertz CT molecular complexity index is 1120. The Labute approximate surface area is 206 Å². The van der Waals surface area contributed by atoms with Crippen LogP contribution in [0.1, 0.15) is 41.0 Å². The Morgan fingerprint density at radius 3 is 2.61 bits per heavy atom. The molecule has 1 saturated carbocycles. The van der Waals surface area contributed by atoms with E-state index in [4.69, 9.17) is 28.3 Å². The van der Waals surface area contributed by atoms with Gasteiger partial charge >= 0.3 is 207 Å². The Morgan fingerprint density at radius 2 is 1.97 bits per heavy atom. The molecule has 0 bridgehead atoms. The van der Waals surface area contributed by atoms with E-state index >= 15 is 0 Å². The second-order valence-electron chi connectivity index (χ2n) is 8.35. The van der Waals surface area contributed by atoms with Crippen molar-refractivity contribution < 1.29 is 4.79 Å². The van der Waals surface area contributed by atoms with Crippen LogP contribution in [0.3, 0.4) is 0 Å². The predicted octanol–water partition coefficient (Wildman–Crippen LogP) is 4.62. The van der Waals surface area contributed by atoms with Crippen LogP contribution in [0.15, 0.2) is 33.7 Å². The van der Waals surface area contributed by atoms with E-state index in [0.29, 0.717) is 27.6 Å². The van der Waals surface area contributed by atoms with Crippen molar-refractivity contribution in [2.75, 3.05) is 13.1 Å². The van der Waals surface area contributed by atoms with Gasteiger partial charge in [-0.25, -0.2) is 0 Å². The van der Waals surface area contributed by atoms with E-state index < -0.39 is 15.0 Å². The summed E-state index contributed by atoms with van der Waals surface area (Å²) in [7, 11) is 0. The third kappa shape index (κ3) is 4.17. The molecule has 1 saturated heterocycles. The maximum absolute atomic E-state index is 13.2. The summed E-state index contributed by atoms with van der Waals surface area (Å²) in [5.41, 5.74) is 6.08. The standard InChI is InChI=1S/C22H23BrCl2N4OSe/c1-12-20(22(30)27-28-10-13-3-2-4-14(13)11-28)26-29(17-6-5-15(24)9-16(17)25)21(12)18-7-8-19(23)31-18/h5-9,13-14H,2-4,10-11,31H2,1H3,(H,27,30). The van der Waals surface area contributed by atoms with E-state index in [0.717, 1.165) is 30.0 Å². The Balaban J connectivity index is 1.49. The van der Waals surface area contributed by atoms with E-state index in [1.807, 2.05) is 13.0 Å². The zero-order valence-electron chi connectivity index (χ0n) is 17.0. The molecule has 2 aliphatic heterocycles. The normalized spacial score (nSPS) is 24.4. The van der Waals surface area contributed by atoms with Crippen LogP contribution in [0.4, 0.5) is 0 Å². The van der Waals surface area contributed by atoms with Crippen LogP contribution < -0.4 is 5.43 Å². The van der Waals surface area contributed by atoms with Gasteiger partial charge in [0.15, 0.2) is 0 Å². The minimum atomic E-state index is -0.519. The molecule has 1 aromatic carbocycles. The molecule has 2 atom stereocenters. The van der Waals surface area contributed by atoms with E-state index in [2.05, 4.69) is 38.5 Å². The van der Waals surface area contributed by atoms with Crippen LogP contribution in [0, 0.1) is 18.8 Å². The molecule has 1 N–H and O–H groups in total. The summed E-state index contributed by atoms with van der Waals surface area (Å²) in [4.78, 5) is 13.2. The van der Waals surface area contributed by atoms with Crippen molar-refractivity contribution in [3.63, 3.8) is 0 Å². The number of hydrazine groups is 1. The van der Waals surface area contributed by atoms with Crippen LogP contribution in [-0.2, 0) is 0 Å². The molecule has 9 heteroatoms. The number of benzene rings is 1. The summed E-state index contributed by atoms with van der Waals surface area (Å²) in [5.74, 6) is 1.26. The average molecular weight is 589 g/mol. The van der Waals surface area contributed by atoms with Gasteiger partial charge in [0.2, 0.25) is 0 Å². The number of allylic oxidation sites excluding steroid dienone is 2. The van der Waals surface area contributed by atoms with Gasteiger partial charge in [0.1, 0.15) is 0 Å². The number of hydrogen-bond acceptors (Lipinski definition) is 3. The molecule has 164 valence electrons. The summed E-state index contributed by atoms with van der Waals surface area (Å²) >= 11 is 15.7. The number of nitrogens with zero attached hydrogens (tertiary/aromatic N) is 3. The van der Waals surface area contributed by atoms with Crippen molar-refractivity contribution in [3.8, 4) is 5.69 Å². The maximum atomic E-state index is 13.2. The molecular formula is C22H23BrCl2N4OSe. The van der Waals surface area contributed by atoms with Crippen molar-refractivity contribution in [2.45, 2.75) is 26.2 Å². The van der Waals surface area contributed by atoms with Crippen LogP contribution in [0.2, 0.25) is 10.0 Å². The number of amides is 1. The second-order valence-corrected chi connectivity index (χ2v) is 14.4. The summed E-state index contributed by atoms with van der Waals surface area (Å²) in [6.07, 6.45) is 8.04. The van der Waals surface area contributed by atoms with Crippen LogP contribution in [0.5, 0.6) is 0 Å². The first-order valence-corrected chi connectivity index (χ1v) is 14.0. The number of rotatable bonds is 4. The van der Waals surface area contributed by atoms with Gasteiger partial charge in [0.25, 0.3) is 0 Å². The van der Waals surface area contributed by atoms with Crippen molar-refractivity contribution in [2.24, 2.45) is 11.8 Å². The van der Waals surface area contributed by atoms with Gasteiger partial charge in [-0.3, -0.25) is 0 Å². The number of hydrogen-bond donors (Lipinski definition) is 1. The second kappa shape index (κ2) is 8.69. The van der Waals surface area contributed by atoms with Gasteiger partial charge in [0.05, 0.1) is 0 Å². The number of aromatic nitrogens is 2. The molecule has 3 aliphatic rings. The minimum absolute atomic E-state index is 0.159. The third-order valence-electron chi connectivity index (χ3n) is 6.37. The Hall–Kier alpha value is -1.08. The van der Waals surface area contributed by atoms with Gasteiger partial charge in [-0.15, -0.1) is 0 Å². The van der Waals surface area contributed by atoms with Gasteiger partial charge in [-0.05, 0) is 0 Å². The molecule has 5 rings (SSSR count). The molecule has 0 spiro atoms. The quantitative estimate of drug-likeness (QED) is 0.530. The first kappa shape index (κ1) is 21.7. The fraction of sp³-hybridized carbons (Fsp3) is 0.364. The molecule has 2 unspecified atom stereocenters. The molecular weight excluding hydrogens is 566 g/mol. The summed E-state index contributed by atoms with van der Waals surface area (Å²) < 4.78 is 4.22. The van der Waals surface area contributed by atoms with Crippen molar-refractivity contribution in [1.82, 2.24) is 20.2 Å². The van der Waals surface area contributed by atoms with E-state index in [-0.39, 0.29) is 5.91 Å². The molecule has 3 heterocycles. The SMILES string of the molecule is Cc1c(C(=O)NN2CC3CCCC3C2)nn(-c2ccc(Cl)cc2Cl)c1C1=CC=C(Br)[SeH2]1. The summed E-state index contributed by atoms with van der Waals surface area (Å²) in [6.45, 7) is 3.83. The molecule has 2 aromatic rings. The van der Waals surface area contributed by atoms with Gasteiger partial charge in [-0.2, -0.15) is 0 Å². The first-order valence-electron chi connectivity index (χ1n) is 10.4. The molecule has 1 aliphatic carbocycles. The molecule has 31 heavy (non-hydrogen) atoms. The number of carbonyl (C=O) groups is 1. The number of halogens is 3. The number of carbonyl (C=O) groups excluding carboxylic acids is 1. The zero-order valence-corrected chi connectivity index (χ0v) is 22.2. The predicted molar refractivity (Wildman–Crippen MR) is 132 cm³/mol. The molecule has 1 aromatic heterocycles. The van der Waals surface area contributed by atoms with E-state index in [9.17, 15) is 4.79 Å². The number of nitrogens with one attached hydrogen (secondary N) is 1. The van der Waals surface area contributed by atoms with E-state index in [1.165, 1.54) is 27.1 Å². The molecule has 0 radical (unpaired) electrons. The third-order valence-corrected chi connectivity index (χ3v) is 10.5. The molecule has 1 amide bonds. The van der Waals surface area contributed by atoms with Gasteiger partial charge in [0, 0.05) is 0 Å². The van der Waals surface area contributed by atoms with Gasteiger partial charge in [-0.1, -0.05) is 0 Å². The summed E-state index contributed by atoms with van der Waals surface area (Å²) in [5, 5.41) is 7.89. The molecule has 2 fully saturated rings. The van der Waals surface area contributed by atoms with Crippen LogP contribution in [0.25, 0.3) is 10.2 Å². The Kier molecular flexibility index (Phi) is 6.10. The Morgan fingerprint density at radius 1 is 1.23 bits per heavy atom. The zero-order chi connectivity index (χ0) is 21.7. The van der Waals surface area contributed by atoms with Gasteiger partial charge < -0.3 is 0 Å². The van der Waals surface area contributed by atoms with Crippen LogP contribution in [-0.4, -0.2) is 48.7 Å². The van der Waals surface area contributed by atoms with E-state index in [1.54, 1.807) is 16.8 Å². The number of fused-ring (bicyclic) bond motifs is 1.